The molecule has 0 radical (unpaired) electrons. The van der Waals surface area contributed by atoms with E-state index >= 15 is 0 Å². The van der Waals surface area contributed by atoms with Crippen molar-refractivity contribution in [3.63, 3.8) is 0 Å². The monoisotopic (exact) mass is 348 g/mol. The van der Waals surface area contributed by atoms with Crippen LogP contribution in [0.25, 0.3) is 0 Å². The summed E-state index contributed by atoms with van der Waals surface area (Å²) in [4.78, 5) is 28.4. The van der Waals surface area contributed by atoms with Gasteiger partial charge in [-0.2, -0.15) is 0 Å². The Morgan fingerprint density at radius 2 is 2.33 bits per heavy atom. The Hall–Kier alpha value is -1.95. The van der Waals surface area contributed by atoms with Crippen LogP contribution in [0.5, 0.6) is 0 Å². The highest BCUT2D eigenvalue weighted by Gasteiger charge is 2.34. The minimum Gasteiger partial charge on any atom is -0.460 e. The second-order valence-electron chi connectivity index (χ2n) is 4.76. The Kier molecular flexibility index (Phi) is 3.63. The van der Waals surface area contributed by atoms with Crippen molar-refractivity contribution in [3.8, 4) is 0 Å². The van der Waals surface area contributed by atoms with Crippen molar-refractivity contribution < 1.29 is 14.3 Å². The molecule has 1 aromatic heterocycles. The molecule has 0 N–H and O–H groups in total. The van der Waals surface area contributed by atoms with Gasteiger partial charge in [0.15, 0.2) is 5.78 Å². The zero-order chi connectivity index (χ0) is 15.0. The molecule has 0 fully saturated rings. The number of carbonyl (C=O) groups is 2. The van der Waals surface area contributed by atoms with Crippen molar-refractivity contribution in [2.75, 3.05) is 6.61 Å². The van der Waals surface area contributed by atoms with E-state index in [1.165, 1.54) is 6.20 Å². The van der Waals surface area contributed by atoms with Crippen LogP contribution in [-0.4, -0.2) is 27.9 Å². The quantitative estimate of drug-likeness (QED) is 0.800. The van der Waals surface area contributed by atoms with Gasteiger partial charge >= 0.3 is 5.97 Å². The fourth-order valence-corrected chi connectivity index (χ4v) is 3.00. The van der Waals surface area contributed by atoms with E-state index in [0.717, 1.165) is 10.0 Å². The lowest BCUT2D eigenvalue weighted by Crippen LogP contribution is -2.21. The van der Waals surface area contributed by atoms with Crippen LogP contribution in [0.2, 0.25) is 0 Å². The highest BCUT2D eigenvalue weighted by molar-refractivity contribution is 9.10. The molecule has 0 saturated carbocycles. The van der Waals surface area contributed by atoms with Gasteiger partial charge in [0.2, 0.25) is 5.82 Å². The lowest BCUT2D eigenvalue weighted by atomic mass is 10.1. The van der Waals surface area contributed by atoms with E-state index in [1.807, 2.05) is 18.2 Å². The van der Waals surface area contributed by atoms with Gasteiger partial charge in [0, 0.05) is 28.9 Å². The summed E-state index contributed by atoms with van der Waals surface area (Å²) in [5, 5.41) is 0. The minimum atomic E-state index is -0.507. The van der Waals surface area contributed by atoms with Gasteiger partial charge in [-0.25, -0.2) is 9.78 Å². The SMILES string of the molecule is CCOC(=O)c1nccn1C1Cc2cc(Br)ccc2C1=O. The third-order valence-electron chi connectivity index (χ3n) is 3.51. The van der Waals surface area contributed by atoms with Crippen molar-refractivity contribution in [3.05, 3.63) is 52.0 Å². The van der Waals surface area contributed by atoms with Crippen molar-refractivity contribution in [1.82, 2.24) is 9.55 Å². The molecule has 21 heavy (non-hydrogen) atoms. The van der Waals surface area contributed by atoms with Crippen LogP contribution in [0.4, 0.5) is 0 Å². The molecule has 0 amide bonds. The van der Waals surface area contributed by atoms with Gasteiger partial charge < -0.3 is 9.30 Å². The maximum Gasteiger partial charge on any atom is 0.374 e. The third kappa shape index (κ3) is 2.40. The molecule has 5 nitrogen and oxygen atoms in total. The lowest BCUT2D eigenvalue weighted by molar-refractivity contribution is 0.0504. The summed E-state index contributed by atoms with van der Waals surface area (Å²) >= 11 is 3.41. The zero-order valence-electron chi connectivity index (χ0n) is 11.4. The Morgan fingerprint density at radius 1 is 1.52 bits per heavy atom. The molecule has 0 spiro atoms. The largest absolute Gasteiger partial charge is 0.460 e. The number of halogens is 1. The molecule has 1 aliphatic carbocycles. The number of nitrogens with zero attached hydrogens (tertiary/aromatic N) is 2. The first-order valence-electron chi connectivity index (χ1n) is 6.64. The van der Waals surface area contributed by atoms with Gasteiger partial charge in [-0.3, -0.25) is 4.79 Å². The number of imidazole rings is 1. The van der Waals surface area contributed by atoms with Crippen LogP contribution in [0, 0.1) is 0 Å². The molecule has 1 unspecified atom stereocenters. The van der Waals surface area contributed by atoms with Gasteiger partial charge in [-0.15, -0.1) is 0 Å². The summed E-state index contributed by atoms with van der Waals surface area (Å²) in [6.45, 7) is 2.01. The molecular weight excluding hydrogens is 336 g/mol. The average Bonchev–Trinajstić information content (AvgIpc) is 3.04. The van der Waals surface area contributed by atoms with E-state index in [2.05, 4.69) is 20.9 Å². The van der Waals surface area contributed by atoms with E-state index in [4.69, 9.17) is 4.74 Å². The highest BCUT2D eigenvalue weighted by Crippen LogP contribution is 2.32. The van der Waals surface area contributed by atoms with Crippen LogP contribution < -0.4 is 0 Å². The van der Waals surface area contributed by atoms with Gasteiger partial charge in [0.05, 0.1) is 6.61 Å². The number of ketones is 1. The molecule has 6 heteroatoms. The molecular formula is C15H13BrN2O3. The second kappa shape index (κ2) is 5.44. The van der Waals surface area contributed by atoms with Gasteiger partial charge in [0.1, 0.15) is 6.04 Å². The van der Waals surface area contributed by atoms with Gasteiger partial charge in [-0.1, -0.05) is 15.9 Å². The second-order valence-corrected chi connectivity index (χ2v) is 5.68. The normalized spacial score (nSPS) is 16.9. The smallest absolute Gasteiger partial charge is 0.374 e. The number of Topliss-reactive ketones (excluding diaryl/α,β-unsaturated/α-hetero) is 1. The van der Waals surface area contributed by atoms with Crippen LogP contribution in [0.15, 0.2) is 35.1 Å². The standard InChI is InChI=1S/C15H13BrN2O3/c1-2-21-15(20)14-17-5-6-18(14)12-8-9-7-10(16)3-4-11(9)13(12)19/h3-7,12H,2,8H2,1H3. The first-order valence-corrected chi connectivity index (χ1v) is 7.43. The van der Waals surface area contributed by atoms with E-state index in [1.54, 1.807) is 17.7 Å². The van der Waals surface area contributed by atoms with Crippen molar-refractivity contribution in [2.45, 2.75) is 19.4 Å². The number of hydrogen-bond donors (Lipinski definition) is 0. The number of fused-ring (bicyclic) bond motifs is 1. The Labute approximate surface area is 130 Å². The molecule has 1 aliphatic rings. The van der Waals surface area contributed by atoms with Crippen LogP contribution in [0.3, 0.4) is 0 Å². The number of aromatic nitrogens is 2. The third-order valence-corrected chi connectivity index (χ3v) is 4.00. The molecule has 0 aliphatic heterocycles. The molecule has 0 bridgehead atoms. The van der Waals surface area contributed by atoms with Gasteiger partial charge in [0.25, 0.3) is 0 Å². The maximum absolute atomic E-state index is 12.5. The lowest BCUT2D eigenvalue weighted by Gasteiger charge is -2.12. The van der Waals surface area contributed by atoms with Crippen LogP contribution in [0.1, 0.15) is 39.5 Å². The van der Waals surface area contributed by atoms with Crippen LogP contribution >= 0.6 is 15.9 Å². The molecule has 1 aromatic carbocycles. The number of hydrogen-bond acceptors (Lipinski definition) is 4. The van der Waals surface area contributed by atoms with Crippen molar-refractivity contribution >= 4 is 27.7 Å². The average molecular weight is 349 g/mol. The highest BCUT2D eigenvalue weighted by atomic mass is 79.9. The Morgan fingerprint density at radius 3 is 3.10 bits per heavy atom. The summed E-state index contributed by atoms with van der Waals surface area (Å²) in [7, 11) is 0. The first kappa shape index (κ1) is 14.0. The number of rotatable bonds is 3. The van der Waals surface area contributed by atoms with E-state index in [9.17, 15) is 9.59 Å². The Bertz CT molecular complexity index is 723. The van der Waals surface area contributed by atoms with Crippen LogP contribution in [-0.2, 0) is 11.2 Å². The molecule has 0 saturated heterocycles. The fraction of sp³-hybridized carbons (Fsp3) is 0.267. The summed E-state index contributed by atoms with van der Waals surface area (Å²) in [6, 6.07) is 5.16. The maximum atomic E-state index is 12.5. The molecule has 2 aromatic rings. The fourth-order valence-electron chi connectivity index (χ4n) is 2.60. The predicted molar refractivity (Wildman–Crippen MR) is 79.4 cm³/mol. The molecule has 108 valence electrons. The van der Waals surface area contributed by atoms with Gasteiger partial charge in [-0.05, 0) is 30.7 Å². The summed E-state index contributed by atoms with van der Waals surface area (Å²) in [6.07, 6.45) is 3.71. The molecule has 3 rings (SSSR count). The van der Waals surface area contributed by atoms with E-state index < -0.39 is 12.0 Å². The first-order chi connectivity index (χ1) is 10.1. The number of benzene rings is 1. The summed E-state index contributed by atoms with van der Waals surface area (Å²) in [5.41, 5.74) is 1.68. The number of esters is 1. The summed E-state index contributed by atoms with van der Waals surface area (Å²) in [5.74, 6) is -0.337. The number of ether oxygens (including phenoxy) is 1. The Balaban J connectivity index is 1.96. The van der Waals surface area contributed by atoms with E-state index in [0.29, 0.717) is 12.0 Å². The molecule has 1 heterocycles. The zero-order valence-corrected chi connectivity index (χ0v) is 13.0. The number of carbonyl (C=O) groups excluding carboxylic acids is 2. The minimum absolute atomic E-state index is 0.000971. The van der Waals surface area contributed by atoms with Crippen molar-refractivity contribution in [2.24, 2.45) is 0 Å². The summed E-state index contributed by atoms with van der Waals surface area (Å²) < 4.78 is 7.52. The topological polar surface area (TPSA) is 61.2 Å². The van der Waals surface area contributed by atoms with Crippen molar-refractivity contribution in [1.29, 1.82) is 0 Å². The molecule has 1 atom stereocenters. The van der Waals surface area contributed by atoms with E-state index in [-0.39, 0.29) is 18.2 Å². The predicted octanol–water partition coefficient (Wildman–Crippen LogP) is 2.80.